The zero-order valence-electron chi connectivity index (χ0n) is 16.2. The van der Waals surface area contributed by atoms with Crippen LogP contribution in [0.2, 0.25) is 0 Å². The van der Waals surface area contributed by atoms with Gasteiger partial charge < -0.3 is 20.7 Å². The lowest BCUT2D eigenvalue weighted by atomic mass is 10.1. The summed E-state index contributed by atoms with van der Waals surface area (Å²) in [5.41, 5.74) is 3.53. The highest BCUT2D eigenvalue weighted by molar-refractivity contribution is 5.79. The lowest BCUT2D eigenvalue weighted by Gasteiger charge is -2.14. The third-order valence-corrected chi connectivity index (χ3v) is 4.03. The maximum absolute atomic E-state index is 11.5. The highest BCUT2D eigenvalue weighted by Gasteiger charge is 2.04. The van der Waals surface area contributed by atoms with Crippen molar-refractivity contribution in [3.05, 3.63) is 65.2 Å². The lowest BCUT2D eigenvalue weighted by molar-refractivity contribution is -0.122. The number of nitrogens with one attached hydrogen (secondary N) is 3. The molecule has 2 rings (SSSR count). The summed E-state index contributed by atoms with van der Waals surface area (Å²) in [5.74, 6) is 1.28. The molecule has 2 aromatic carbocycles. The Bertz CT molecular complexity index is 774. The van der Waals surface area contributed by atoms with Crippen LogP contribution in [0.3, 0.4) is 0 Å². The zero-order valence-corrected chi connectivity index (χ0v) is 16.2. The number of aryl methyl sites for hydroxylation is 1. The average molecular weight is 368 g/mol. The Morgan fingerprint density at radius 3 is 2.56 bits per heavy atom. The van der Waals surface area contributed by atoms with Crippen molar-refractivity contribution in [1.29, 1.82) is 0 Å². The molecule has 0 aromatic heterocycles. The van der Waals surface area contributed by atoms with Crippen LogP contribution in [0.5, 0.6) is 5.75 Å². The van der Waals surface area contributed by atoms with Gasteiger partial charge in [-0.25, -0.2) is 0 Å². The average Bonchev–Trinajstić information content (AvgIpc) is 2.68. The van der Waals surface area contributed by atoms with Crippen LogP contribution >= 0.6 is 0 Å². The summed E-state index contributed by atoms with van der Waals surface area (Å²) >= 11 is 0. The number of ether oxygens (including phenoxy) is 1. The Morgan fingerprint density at radius 1 is 1.04 bits per heavy atom. The number of carbonyl (C=O) groups is 1. The third-order valence-electron chi connectivity index (χ3n) is 4.03. The molecular weight excluding hydrogens is 340 g/mol. The first kappa shape index (κ1) is 20.3. The van der Waals surface area contributed by atoms with Crippen LogP contribution in [-0.4, -0.2) is 32.1 Å². The summed E-state index contributed by atoms with van der Waals surface area (Å²) in [6, 6.07) is 15.9. The maximum Gasteiger partial charge on any atom is 0.257 e. The van der Waals surface area contributed by atoms with Crippen molar-refractivity contribution >= 4 is 11.9 Å². The third kappa shape index (κ3) is 7.01. The summed E-state index contributed by atoms with van der Waals surface area (Å²) in [5, 5.41) is 9.32. The van der Waals surface area contributed by atoms with E-state index in [0.717, 1.165) is 11.5 Å². The Hall–Kier alpha value is -3.02. The fourth-order valence-corrected chi connectivity index (χ4v) is 2.54. The minimum Gasteiger partial charge on any atom is -0.484 e. The van der Waals surface area contributed by atoms with E-state index in [-0.39, 0.29) is 12.5 Å². The molecule has 0 saturated heterocycles. The fourth-order valence-electron chi connectivity index (χ4n) is 2.54. The van der Waals surface area contributed by atoms with Crippen molar-refractivity contribution in [2.75, 3.05) is 20.2 Å². The summed E-state index contributed by atoms with van der Waals surface area (Å²) in [6.45, 7) is 5.91. The Balaban J connectivity index is 1.84. The topological polar surface area (TPSA) is 74.8 Å². The van der Waals surface area contributed by atoms with Crippen molar-refractivity contribution in [3.63, 3.8) is 0 Å². The van der Waals surface area contributed by atoms with Gasteiger partial charge in [0.15, 0.2) is 12.6 Å². The van der Waals surface area contributed by atoms with Crippen LogP contribution in [0.4, 0.5) is 0 Å². The summed E-state index contributed by atoms with van der Waals surface area (Å²) in [4.78, 5) is 15.8. The van der Waals surface area contributed by atoms with E-state index in [2.05, 4.69) is 40.0 Å². The van der Waals surface area contributed by atoms with Crippen LogP contribution in [-0.2, 0) is 17.9 Å². The Labute approximate surface area is 161 Å². The minimum atomic E-state index is -0.123. The number of nitrogens with zero attached hydrogens (tertiary/aromatic N) is 1. The molecule has 0 fully saturated rings. The van der Waals surface area contributed by atoms with Gasteiger partial charge in [0, 0.05) is 26.7 Å². The smallest absolute Gasteiger partial charge is 0.257 e. The van der Waals surface area contributed by atoms with Gasteiger partial charge in [-0.15, -0.1) is 0 Å². The number of benzene rings is 2. The van der Waals surface area contributed by atoms with Crippen molar-refractivity contribution in [1.82, 2.24) is 16.0 Å². The predicted octanol–water partition coefficient (Wildman–Crippen LogP) is 2.38. The Morgan fingerprint density at radius 2 is 1.81 bits per heavy atom. The molecule has 0 spiro atoms. The summed E-state index contributed by atoms with van der Waals surface area (Å²) < 4.78 is 5.53. The molecule has 0 aliphatic carbocycles. The molecule has 0 heterocycles. The molecule has 0 unspecified atom stereocenters. The number of rotatable bonds is 8. The molecule has 6 nitrogen and oxygen atoms in total. The van der Waals surface area contributed by atoms with E-state index in [1.807, 2.05) is 43.3 Å². The Kier molecular flexibility index (Phi) is 8.16. The van der Waals surface area contributed by atoms with Crippen LogP contribution in [0.15, 0.2) is 53.5 Å². The standard InChI is InChI=1S/C21H28N4O2/c1-4-23-20(26)15-27-19-11-7-9-17(12-19)13-24-21(22-3)25-14-18-10-6-5-8-16(18)2/h5-12H,4,13-15H2,1-3H3,(H,23,26)(H2,22,24,25). The number of carbonyl (C=O) groups excluding carboxylic acids is 1. The van der Waals surface area contributed by atoms with Gasteiger partial charge in [0.25, 0.3) is 5.91 Å². The van der Waals surface area contributed by atoms with E-state index >= 15 is 0 Å². The second-order valence-electron chi connectivity index (χ2n) is 6.10. The van der Waals surface area contributed by atoms with Crippen LogP contribution < -0.4 is 20.7 Å². The lowest BCUT2D eigenvalue weighted by Crippen LogP contribution is -2.36. The first-order valence-electron chi connectivity index (χ1n) is 9.09. The van der Waals surface area contributed by atoms with Gasteiger partial charge >= 0.3 is 0 Å². The van der Waals surface area contributed by atoms with Gasteiger partial charge in [-0.2, -0.15) is 0 Å². The van der Waals surface area contributed by atoms with Gasteiger partial charge in [0.2, 0.25) is 0 Å². The van der Waals surface area contributed by atoms with Gasteiger partial charge in [0.1, 0.15) is 5.75 Å². The monoisotopic (exact) mass is 368 g/mol. The molecule has 3 N–H and O–H groups in total. The minimum absolute atomic E-state index is 0.0182. The van der Waals surface area contributed by atoms with Crippen molar-refractivity contribution in [3.8, 4) is 5.75 Å². The molecule has 1 amide bonds. The van der Waals surface area contributed by atoms with E-state index in [1.165, 1.54) is 11.1 Å². The maximum atomic E-state index is 11.5. The number of amides is 1. The molecule has 0 radical (unpaired) electrons. The van der Waals surface area contributed by atoms with Crippen molar-refractivity contribution in [2.24, 2.45) is 4.99 Å². The summed E-state index contributed by atoms with van der Waals surface area (Å²) in [6.07, 6.45) is 0. The van der Waals surface area contributed by atoms with Crippen LogP contribution in [0.1, 0.15) is 23.6 Å². The molecule has 0 atom stereocenters. The normalized spacial score (nSPS) is 11.0. The molecule has 0 aliphatic rings. The van der Waals surface area contributed by atoms with E-state index < -0.39 is 0 Å². The molecular formula is C21H28N4O2. The van der Waals surface area contributed by atoms with E-state index in [0.29, 0.717) is 25.4 Å². The van der Waals surface area contributed by atoms with Crippen LogP contribution in [0.25, 0.3) is 0 Å². The number of hydrogen-bond acceptors (Lipinski definition) is 3. The zero-order chi connectivity index (χ0) is 19.5. The first-order chi connectivity index (χ1) is 13.1. The van der Waals surface area contributed by atoms with Crippen molar-refractivity contribution < 1.29 is 9.53 Å². The SMILES string of the molecule is CCNC(=O)COc1cccc(CNC(=NC)NCc2ccccc2C)c1. The number of guanidine groups is 1. The molecule has 0 saturated carbocycles. The molecule has 144 valence electrons. The van der Waals surface area contributed by atoms with E-state index in [1.54, 1.807) is 7.05 Å². The predicted molar refractivity (Wildman–Crippen MR) is 109 cm³/mol. The molecule has 6 heteroatoms. The van der Waals surface area contributed by atoms with E-state index in [4.69, 9.17) is 4.74 Å². The number of likely N-dealkylation sites (N-methyl/N-ethyl adjacent to an activating group) is 1. The fraction of sp³-hybridized carbons (Fsp3) is 0.333. The van der Waals surface area contributed by atoms with Crippen LogP contribution in [0, 0.1) is 6.92 Å². The molecule has 27 heavy (non-hydrogen) atoms. The summed E-state index contributed by atoms with van der Waals surface area (Å²) in [7, 11) is 1.75. The quantitative estimate of drug-likeness (QED) is 0.494. The highest BCUT2D eigenvalue weighted by atomic mass is 16.5. The second-order valence-corrected chi connectivity index (χ2v) is 6.10. The largest absolute Gasteiger partial charge is 0.484 e. The van der Waals surface area contributed by atoms with Crippen molar-refractivity contribution in [2.45, 2.75) is 26.9 Å². The van der Waals surface area contributed by atoms with E-state index in [9.17, 15) is 4.79 Å². The number of hydrogen-bond donors (Lipinski definition) is 3. The molecule has 0 aliphatic heterocycles. The van der Waals surface area contributed by atoms with Gasteiger partial charge in [0.05, 0.1) is 0 Å². The molecule has 2 aromatic rings. The van der Waals surface area contributed by atoms with Gasteiger partial charge in [-0.3, -0.25) is 9.79 Å². The molecule has 0 bridgehead atoms. The number of aliphatic imine (C=N–C) groups is 1. The first-order valence-corrected chi connectivity index (χ1v) is 9.09. The highest BCUT2D eigenvalue weighted by Crippen LogP contribution is 2.13. The van der Waals surface area contributed by atoms with Gasteiger partial charge in [-0.1, -0.05) is 36.4 Å². The van der Waals surface area contributed by atoms with Gasteiger partial charge in [-0.05, 0) is 42.7 Å². The second kappa shape index (κ2) is 10.9.